The van der Waals surface area contributed by atoms with Crippen LogP contribution < -0.4 is 16.3 Å². The van der Waals surface area contributed by atoms with Crippen LogP contribution in [0.3, 0.4) is 0 Å². The van der Waals surface area contributed by atoms with E-state index in [1.54, 1.807) is 5.41 Å². The van der Waals surface area contributed by atoms with Gasteiger partial charge in [-0.2, -0.15) is 0 Å². The molecule has 1 unspecified atom stereocenters. The number of aromatic nitrogens is 4. The summed E-state index contributed by atoms with van der Waals surface area (Å²) >= 11 is 1.47. The van der Waals surface area contributed by atoms with Crippen LogP contribution in [0.25, 0.3) is 17.2 Å². The fourth-order valence-electron chi connectivity index (χ4n) is 4.94. The van der Waals surface area contributed by atoms with Gasteiger partial charge < -0.3 is 5.32 Å². The molecule has 5 rings (SSSR count). The molecule has 0 radical (unpaired) electrons. The van der Waals surface area contributed by atoms with E-state index in [9.17, 15) is 9.59 Å². The van der Waals surface area contributed by atoms with Crippen molar-refractivity contribution in [3.63, 3.8) is 0 Å². The lowest BCUT2D eigenvalue weighted by molar-refractivity contribution is 0.0952. The molecule has 2 N–H and O–H groups in total. The Morgan fingerprint density at radius 2 is 2.05 bits per heavy atom. The van der Waals surface area contributed by atoms with Crippen molar-refractivity contribution in [1.29, 1.82) is 0 Å². The molecule has 9 nitrogen and oxygen atoms in total. The number of nitrogens with one attached hydrogen (secondary N) is 2. The minimum absolute atomic E-state index is 0.0936. The number of rotatable bonds is 8. The van der Waals surface area contributed by atoms with Gasteiger partial charge in [0.15, 0.2) is 5.82 Å². The van der Waals surface area contributed by atoms with Crippen molar-refractivity contribution in [2.75, 3.05) is 18.5 Å². The highest BCUT2D eigenvalue weighted by Gasteiger charge is 2.29. The Morgan fingerprint density at radius 1 is 1.23 bits per heavy atom. The van der Waals surface area contributed by atoms with Gasteiger partial charge in [0.2, 0.25) is 0 Å². The maximum Gasteiger partial charge on any atom is 0.273 e. The fourth-order valence-corrected chi connectivity index (χ4v) is 5.57. The number of hydrogen-bond acceptors (Lipinski definition) is 8. The van der Waals surface area contributed by atoms with E-state index in [1.165, 1.54) is 22.5 Å². The van der Waals surface area contributed by atoms with Crippen LogP contribution in [0.5, 0.6) is 0 Å². The van der Waals surface area contributed by atoms with Gasteiger partial charge in [-0.25, -0.2) is 9.66 Å². The van der Waals surface area contributed by atoms with Gasteiger partial charge in [-0.1, -0.05) is 25.6 Å². The van der Waals surface area contributed by atoms with Gasteiger partial charge in [-0.05, 0) is 55.0 Å². The van der Waals surface area contributed by atoms with Gasteiger partial charge >= 0.3 is 0 Å². The average Bonchev–Trinajstić information content (AvgIpc) is 2.95. The number of fused-ring (bicyclic) bond motifs is 2. The second-order valence-electron chi connectivity index (χ2n) is 9.88. The predicted octanol–water partition coefficient (Wildman–Crippen LogP) is 4.25. The van der Waals surface area contributed by atoms with Gasteiger partial charge in [0, 0.05) is 71.9 Å². The van der Waals surface area contributed by atoms with Crippen LogP contribution in [-0.4, -0.2) is 49.7 Å². The largest absolute Gasteiger partial charge is 0.346 e. The van der Waals surface area contributed by atoms with Crippen LogP contribution in [-0.2, 0) is 13.0 Å². The summed E-state index contributed by atoms with van der Waals surface area (Å²) in [6.07, 6.45) is 9.17. The number of thioether (sulfide) groups is 1. The number of amides is 1. The molecular weight excluding hydrogens is 522 g/mol. The molecule has 0 aromatic carbocycles. The highest BCUT2D eigenvalue weighted by atomic mass is 32.2. The molecule has 3 aromatic rings. The molecule has 0 saturated carbocycles. The number of hydrogen-bond donors (Lipinski definition) is 2. The van der Waals surface area contributed by atoms with Gasteiger partial charge in [0.1, 0.15) is 11.9 Å². The van der Waals surface area contributed by atoms with Crippen LogP contribution >= 0.6 is 11.8 Å². The highest BCUT2D eigenvalue weighted by molar-refractivity contribution is 8.05. The van der Waals surface area contributed by atoms with E-state index in [0.29, 0.717) is 18.9 Å². The monoisotopic (exact) mass is 555 g/mol. The van der Waals surface area contributed by atoms with Crippen molar-refractivity contribution < 1.29 is 4.79 Å². The van der Waals surface area contributed by atoms with Gasteiger partial charge in [0.05, 0.1) is 0 Å². The van der Waals surface area contributed by atoms with Crippen molar-refractivity contribution in [1.82, 2.24) is 29.8 Å². The third-order valence-corrected chi connectivity index (χ3v) is 7.77. The summed E-state index contributed by atoms with van der Waals surface area (Å²) in [6, 6.07) is 7.53. The molecule has 3 aromatic heterocycles. The molecule has 0 fully saturated rings. The van der Waals surface area contributed by atoms with E-state index in [-0.39, 0.29) is 23.3 Å². The first-order valence-corrected chi connectivity index (χ1v) is 14.2. The second-order valence-corrected chi connectivity index (χ2v) is 11.0. The molecule has 0 saturated heterocycles. The van der Waals surface area contributed by atoms with Crippen molar-refractivity contribution in [3.8, 4) is 11.1 Å². The zero-order valence-electron chi connectivity index (χ0n) is 23.0. The average molecular weight is 556 g/mol. The van der Waals surface area contributed by atoms with Crippen molar-refractivity contribution in [3.05, 3.63) is 104 Å². The summed E-state index contributed by atoms with van der Waals surface area (Å²) in [5.41, 5.74) is 9.41. The Hall–Kier alpha value is -4.02. The van der Waals surface area contributed by atoms with E-state index in [2.05, 4.69) is 44.3 Å². The van der Waals surface area contributed by atoms with Gasteiger partial charge in [-0.3, -0.25) is 29.9 Å². The Labute approximate surface area is 238 Å². The molecule has 0 bridgehead atoms. The molecular formula is C30H33N7O2S. The Balaban J connectivity index is 1.32. The number of pyridine rings is 2. The van der Waals surface area contributed by atoms with Gasteiger partial charge in [0.25, 0.3) is 11.5 Å². The summed E-state index contributed by atoms with van der Waals surface area (Å²) in [5.74, 6) is 0.0180. The van der Waals surface area contributed by atoms with Crippen LogP contribution in [0.2, 0.25) is 0 Å². The smallest absolute Gasteiger partial charge is 0.273 e. The Morgan fingerprint density at radius 3 is 2.80 bits per heavy atom. The predicted molar refractivity (Wildman–Crippen MR) is 160 cm³/mol. The van der Waals surface area contributed by atoms with Crippen LogP contribution in [0.1, 0.15) is 53.5 Å². The van der Waals surface area contributed by atoms with Gasteiger partial charge in [-0.15, -0.1) is 11.8 Å². The molecule has 1 atom stereocenters. The van der Waals surface area contributed by atoms with Crippen molar-refractivity contribution in [2.24, 2.45) is 0 Å². The third kappa shape index (κ3) is 5.93. The van der Waals surface area contributed by atoms with Crippen LogP contribution in [0, 0.1) is 6.92 Å². The summed E-state index contributed by atoms with van der Waals surface area (Å²) < 4.78 is 1.42. The van der Waals surface area contributed by atoms with E-state index in [4.69, 9.17) is 4.98 Å². The van der Waals surface area contributed by atoms with E-state index in [1.807, 2.05) is 51.4 Å². The Kier molecular flexibility index (Phi) is 8.27. The van der Waals surface area contributed by atoms with E-state index >= 15 is 0 Å². The molecule has 2 aliphatic heterocycles. The molecule has 0 spiro atoms. The zero-order valence-corrected chi connectivity index (χ0v) is 23.8. The molecule has 40 heavy (non-hydrogen) atoms. The number of carbonyl (C=O) groups excluding carboxylic acids is 1. The minimum Gasteiger partial charge on any atom is -0.346 e. The van der Waals surface area contributed by atoms with Crippen LogP contribution in [0.15, 0.2) is 70.0 Å². The lowest BCUT2D eigenvalue weighted by atomic mass is 9.99. The van der Waals surface area contributed by atoms with Crippen molar-refractivity contribution >= 4 is 23.7 Å². The summed E-state index contributed by atoms with van der Waals surface area (Å²) in [4.78, 5) is 42.8. The summed E-state index contributed by atoms with van der Waals surface area (Å²) in [6.45, 7) is 11.6. The fraction of sp³-hybridized carbons (Fsp3) is 0.300. The SMILES string of the molecule is C=CS/C(=C\CC)CNC(=O)c1cc(=O)n2c(n1)C=C(C)C(N1CCc3ncc(-c4ccc(C)nc4)cc3C1)N2. The number of nitrogens with zero attached hydrogens (tertiary/aromatic N) is 5. The lowest BCUT2D eigenvalue weighted by Crippen LogP contribution is -2.52. The van der Waals surface area contributed by atoms with E-state index < -0.39 is 0 Å². The second kappa shape index (κ2) is 12.0. The molecule has 206 valence electrons. The first kappa shape index (κ1) is 27.5. The first-order valence-electron chi connectivity index (χ1n) is 13.3. The number of allylic oxidation sites excluding steroid dienone is 1. The minimum atomic E-state index is -0.389. The normalized spacial score (nSPS) is 16.8. The first-order chi connectivity index (χ1) is 19.4. The molecule has 0 aliphatic carbocycles. The maximum absolute atomic E-state index is 13.1. The maximum atomic E-state index is 13.1. The molecule has 1 amide bonds. The quantitative estimate of drug-likeness (QED) is 0.425. The molecule has 5 heterocycles. The summed E-state index contributed by atoms with van der Waals surface area (Å²) in [5, 5.41) is 4.58. The molecule has 2 aliphatic rings. The van der Waals surface area contributed by atoms with Crippen LogP contribution in [0.4, 0.5) is 0 Å². The Bertz CT molecular complexity index is 1560. The zero-order chi connectivity index (χ0) is 28.2. The molecule has 10 heteroatoms. The standard InChI is InChI=1S/C30H33N7O2S/c1-5-7-24(40-6-2)17-33-30(39)26-14-28(38)37-27(34-26)12-19(3)29(35-37)36-11-10-25-23(18-36)13-22(16-32-25)21-9-8-20(4)31-15-21/h6-9,12-16,29,35H,2,5,10-11,17-18H2,1,3-4H3,(H,33,39)/b24-7-. The number of aryl methyl sites for hydroxylation is 1. The van der Waals surface area contributed by atoms with Crippen molar-refractivity contribution in [2.45, 2.75) is 46.3 Å². The number of carbonyl (C=O) groups is 1. The lowest BCUT2D eigenvalue weighted by Gasteiger charge is -2.38. The highest BCUT2D eigenvalue weighted by Crippen LogP contribution is 2.27. The summed E-state index contributed by atoms with van der Waals surface area (Å²) in [7, 11) is 0. The van der Waals surface area contributed by atoms with E-state index in [0.717, 1.165) is 57.9 Å². The third-order valence-electron chi connectivity index (χ3n) is 6.99. The topological polar surface area (TPSA) is 105 Å².